The average Bonchev–Trinajstić information content (AvgIpc) is 2.57. The number of hydrogen-bond acceptors (Lipinski definition) is 6. The summed E-state index contributed by atoms with van der Waals surface area (Å²) in [7, 11) is 0. The van der Waals surface area contributed by atoms with E-state index in [2.05, 4.69) is 5.32 Å². The fourth-order valence-corrected chi connectivity index (χ4v) is 2.04. The fourth-order valence-electron chi connectivity index (χ4n) is 2.04. The zero-order valence-corrected chi connectivity index (χ0v) is 9.06. The van der Waals surface area contributed by atoms with Crippen molar-refractivity contribution >= 4 is 6.03 Å². The summed E-state index contributed by atoms with van der Waals surface area (Å²) in [5, 5.41) is 39.7. The Kier molecular flexibility index (Phi) is 3.50. The largest absolute Gasteiger partial charge is 0.394 e. The van der Waals surface area contributed by atoms with E-state index in [0.717, 1.165) is 0 Å². The molecule has 0 aromatic rings. The number of ether oxygens (including phenoxy) is 1. The highest BCUT2D eigenvalue weighted by atomic mass is 16.6. The average molecular weight is 248 g/mol. The maximum absolute atomic E-state index is 11.6. The Hall–Kier alpha value is -0.930. The predicted octanol–water partition coefficient (Wildman–Crippen LogP) is -2.84. The maximum Gasteiger partial charge on any atom is 0.321 e. The molecule has 2 amide bonds. The van der Waals surface area contributed by atoms with Crippen LogP contribution >= 0.6 is 0 Å². The van der Waals surface area contributed by atoms with Crippen LogP contribution in [0.15, 0.2) is 0 Å². The summed E-state index contributed by atoms with van der Waals surface area (Å²) in [5.41, 5.74) is 0. The molecule has 2 aliphatic heterocycles. The molecule has 0 aromatic heterocycles. The van der Waals surface area contributed by atoms with Gasteiger partial charge in [-0.25, -0.2) is 4.79 Å². The molecule has 0 aromatic carbocycles. The lowest BCUT2D eigenvalue weighted by Gasteiger charge is -2.35. The van der Waals surface area contributed by atoms with Crippen molar-refractivity contribution in [3.63, 3.8) is 0 Å². The second-order valence-corrected chi connectivity index (χ2v) is 4.18. The monoisotopic (exact) mass is 248 g/mol. The second kappa shape index (κ2) is 4.75. The van der Waals surface area contributed by atoms with Gasteiger partial charge in [0.25, 0.3) is 0 Å². The van der Waals surface area contributed by atoms with E-state index in [1.165, 1.54) is 4.90 Å². The first kappa shape index (κ1) is 12.5. The number of rotatable bonds is 2. The Morgan fingerprint density at radius 3 is 2.59 bits per heavy atom. The van der Waals surface area contributed by atoms with Crippen LogP contribution in [0.1, 0.15) is 6.42 Å². The van der Waals surface area contributed by atoms with Crippen molar-refractivity contribution < 1.29 is 30.0 Å². The van der Waals surface area contributed by atoms with Crippen LogP contribution in [0.2, 0.25) is 0 Å². The highest BCUT2D eigenvalue weighted by molar-refractivity contribution is 5.75. The van der Waals surface area contributed by atoms with Gasteiger partial charge in [0.15, 0.2) is 6.23 Å². The molecule has 2 aliphatic rings. The van der Waals surface area contributed by atoms with Crippen molar-refractivity contribution in [1.29, 1.82) is 0 Å². The fraction of sp³-hybridized carbons (Fsp3) is 0.889. The van der Waals surface area contributed by atoms with Crippen LogP contribution in [0.4, 0.5) is 4.79 Å². The number of nitrogens with zero attached hydrogens (tertiary/aromatic N) is 1. The van der Waals surface area contributed by atoms with E-state index < -0.39 is 43.4 Å². The van der Waals surface area contributed by atoms with Gasteiger partial charge in [-0.15, -0.1) is 0 Å². The molecule has 98 valence electrons. The predicted molar refractivity (Wildman–Crippen MR) is 53.6 cm³/mol. The molecule has 0 bridgehead atoms. The molecule has 8 heteroatoms. The normalized spacial score (nSPS) is 42.7. The molecular weight excluding hydrogens is 232 g/mol. The van der Waals surface area contributed by atoms with E-state index in [9.17, 15) is 20.1 Å². The third-order valence-electron chi connectivity index (χ3n) is 3.02. The third-order valence-corrected chi connectivity index (χ3v) is 3.02. The van der Waals surface area contributed by atoms with Crippen LogP contribution in [0.25, 0.3) is 0 Å². The van der Waals surface area contributed by atoms with E-state index in [1.54, 1.807) is 0 Å². The van der Waals surface area contributed by atoms with Crippen LogP contribution in [0, 0.1) is 0 Å². The number of amides is 2. The molecule has 2 fully saturated rings. The zero-order chi connectivity index (χ0) is 12.6. The molecule has 0 saturated carbocycles. The van der Waals surface area contributed by atoms with Crippen molar-refractivity contribution in [3.8, 4) is 0 Å². The zero-order valence-electron chi connectivity index (χ0n) is 9.06. The van der Waals surface area contributed by atoms with E-state index in [1.807, 2.05) is 0 Å². The molecule has 8 nitrogen and oxygen atoms in total. The Labute approximate surface area is 97.4 Å². The number of nitrogens with one attached hydrogen (secondary N) is 1. The van der Waals surface area contributed by atoms with Crippen molar-refractivity contribution in [3.05, 3.63) is 0 Å². The molecule has 2 rings (SSSR count). The second-order valence-electron chi connectivity index (χ2n) is 4.18. The summed E-state index contributed by atoms with van der Waals surface area (Å²) in [6, 6.07) is -0.571. The van der Waals surface area contributed by atoms with Gasteiger partial charge in [0, 0.05) is 13.0 Å². The van der Waals surface area contributed by atoms with E-state index >= 15 is 0 Å². The Bertz CT molecular complexity index is 301. The highest BCUT2D eigenvalue weighted by Gasteiger charge is 2.47. The topological polar surface area (TPSA) is 122 Å². The minimum atomic E-state index is -1.27. The Morgan fingerprint density at radius 1 is 1.35 bits per heavy atom. The van der Waals surface area contributed by atoms with E-state index in [-0.39, 0.29) is 6.54 Å². The van der Waals surface area contributed by atoms with Gasteiger partial charge in [-0.05, 0) is 0 Å². The van der Waals surface area contributed by atoms with Crippen LogP contribution in [-0.4, -0.2) is 75.3 Å². The van der Waals surface area contributed by atoms with Gasteiger partial charge in [-0.2, -0.15) is 0 Å². The van der Waals surface area contributed by atoms with Crippen molar-refractivity contribution in [2.75, 3.05) is 13.2 Å². The number of carbonyl (C=O) groups is 1. The quantitative estimate of drug-likeness (QED) is 0.359. The molecule has 0 aliphatic carbocycles. The highest BCUT2D eigenvalue weighted by Crippen LogP contribution is 2.25. The summed E-state index contributed by atoms with van der Waals surface area (Å²) in [6.07, 6.45) is -5.02. The van der Waals surface area contributed by atoms with Gasteiger partial charge in [0.1, 0.15) is 24.5 Å². The third kappa shape index (κ3) is 2.22. The molecular formula is C9H16N2O6. The van der Waals surface area contributed by atoms with E-state index in [0.29, 0.717) is 6.42 Å². The first-order chi connectivity index (χ1) is 8.04. The molecule has 17 heavy (non-hydrogen) atoms. The SMILES string of the molecule is O=C1N[C@@H](O)CCN1[C@@H]1O[C@H](CO)[C@@H](O)[C@H]1O. The first-order valence-corrected chi connectivity index (χ1v) is 5.42. The number of hydrogen-bond donors (Lipinski definition) is 5. The van der Waals surface area contributed by atoms with Crippen molar-refractivity contribution in [1.82, 2.24) is 10.2 Å². The number of urea groups is 1. The Balaban J connectivity index is 2.05. The minimum absolute atomic E-state index is 0.208. The molecule has 2 heterocycles. The van der Waals surface area contributed by atoms with Crippen LogP contribution in [0.3, 0.4) is 0 Å². The van der Waals surface area contributed by atoms with Gasteiger partial charge in [0.2, 0.25) is 0 Å². The lowest BCUT2D eigenvalue weighted by molar-refractivity contribution is -0.0893. The molecule has 2 saturated heterocycles. The molecule has 0 radical (unpaired) electrons. The number of aliphatic hydroxyl groups excluding tert-OH is 4. The molecule has 5 N–H and O–H groups in total. The molecule has 0 unspecified atom stereocenters. The van der Waals surface area contributed by atoms with Gasteiger partial charge in [-0.3, -0.25) is 4.90 Å². The first-order valence-electron chi connectivity index (χ1n) is 5.42. The minimum Gasteiger partial charge on any atom is -0.394 e. The summed E-state index contributed by atoms with van der Waals surface area (Å²) in [4.78, 5) is 12.7. The summed E-state index contributed by atoms with van der Waals surface area (Å²) < 4.78 is 5.21. The standard InChI is InChI=1S/C9H16N2O6/c12-3-4-6(14)7(15)8(17-4)11-2-1-5(13)10-9(11)16/h4-8,12-15H,1-3H2,(H,10,16)/t4-,5+,6-,7-,8-/m1/s1. The lowest BCUT2D eigenvalue weighted by Crippen LogP contribution is -2.57. The van der Waals surface area contributed by atoms with Crippen LogP contribution in [-0.2, 0) is 4.74 Å². The summed E-state index contributed by atoms with van der Waals surface area (Å²) >= 11 is 0. The summed E-state index contributed by atoms with van der Waals surface area (Å²) in [5.74, 6) is 0. The van der Waals surface area contributed by atoms with Crippen LogP contribution < -0.4 is 5.32 Å². The molecule has 0 spiro atoms. The number of aliphatic hydroxyl groups is 4. The van der Waals surface area contributed by atoms with Gasteiger partial charge < -0.3 is 30.5 Å². The molecule has 5 atom stereocenters. The lowest BCUT2D eigenvalue weighted by atomic mass is 10.1. The van der Waals surface area contributed by atoms with Gasteiger partial charge >= 0.3 is 6.03 Å². The van der Waals surface area contributed by atoms with Crippen molar-refractivity contribution in [2.24, 2.45) is 0 Å². The van der Waals surface area contributed by atoms with Crippen LogP contribution in [0.5, 0.6) is 0 Å². The van der Waals surface area contributed by atoms with Crippen molar-refractivity contribution in [2.45, 2.75) is 37.2 Å². The van der Waals surface area contributed by atoms with Gasteiger partial charge in [0.05, 0.1) is 6.61 Å². The number of carbonyl (C=O) groups excluding carboxylic acids is 1. The van der Waals surface area contributed by atoms with E-state index in [4.69, 9.17) is 9.84 Å². The Morgan fingerprint density at radius 2 is 2.06 bits per heavy atom. The smallest absolute Gasteiger partial charge is 0.321 e. The van der Waals surface area contributed by atoms with Gasteiger partial charge in [-0.1, -0.05) is 0 Å². The maximum atomic E-state index is 11.6. The summed E-state index contributed by atoms with van der Waals surface area (Å²) in [6.45, 7) is -0.230.